The molecular formula is C15H21ClN2. The Hall–Kier alpha value is -0.860. The third-order valence-corrected chi connectivity index (χ3v) is 3.96. The van der Waals surface area contributed by atoms with Gasteiger partial charge >= 0.3 is 0 Å². The van der Waals surface area contributed by atoms with Crippen LogP contribution in [0.25, 0.3) is 0 Å². The van der Waals surface area contributed by atoms with E-state index >= 15 is 0 Å². The molecule has 0 aromatic carbocycles. The van der Waals surface area contributed by atoms with Gasteiger partial charge in [-0.05, 0) is 36.9 Å². The van der Waals surface area contributed by atoms with E-state index in [0.29, 0.717) is 17.1 Å². The summed E-state index contributed by atoms with van der Waals surface area (Å²) in [6.07, 6.45) is 6.24. The minimum Gasteiger partial charge on any atom is -0.293 e. The zero-order valence-corrected chi connectivity index (χ0v) is 12.0. The van der Waals surface area contributed by atoms with Gasteiger partial charge < -0.3 is 0 Å². The third-order valence-electron chi connectivity index (χ3n) is 3.64. The lowest BCUT2D eigenvalue weighted by atomic mass is 9.99. The van der Waals surface area contributed by atoms with Crippen LogP contribution < -0.4 is 0 Å². The van der Waals surface area contributed by atoms with E-state index in [1.54, 1.807) is 0 Å². The van der Waals surface area contributed by atoms with Crippen molar-refractivity contribution >= 4 is 11.6 Å². The summed E-state index contributed by atoms with van der Waals surface area (Å²) in [6.45, 7) is 10.2. The molecule has 1 aromatic rings. The molecule has 0 radical (unpaired) electrons. The van der Waals surface area contributed by atoms with Crippen LogP contribution >= 0.6 is 11.6 Å². The van der Waals surface area contributed by atoms with Crippen molar-refractivity contribution in [1.82, 2.24) is 9.88 Å². The fourth-order valence-corrected chi connectivity index (χ4v) is 2.82. The van der Waals surface area contributed by atoms with E-state index in [4.69, 9.17) is 11.6 Å². The average Bonchev–Trinajstić information content (AvgIpc) is 2.78. The molecule has 0 bridgehead atoms. The highest BCUT2D eigenvalue weighted by Gasteiger charge is 2.27. The molecule has 98 valence electrons. The highest BCUT2D eigenvalue weighted by molar-refractivity contribution is 6.30. The number of likely N-dealkylation sites (tertiary alicyclic amines) is 1. The van der Waals surface area contributed by atoms with Crippen LogP contribution in [0.3, 0.4) is 0 Å². The number of halogens is 1. The maximum absolute atomic E-state index is 6.28. The Kier molecular flexibility index (Phi) is 4.41. The number of hydrogen-bond donors (Lipinski definition) is 0. The molecule has 2 rings (SSSR count). The summed E-state index contributed by atoms with van der Waals surface area (Å²) in [7, 11) is 0. The Morgan fingerprint density at radius 2 is 2.39 bits per heavy atom. The Morgan fingerprint density at radius 1 is 1.61 bits per heavy atom. The lowest BCUT2D eigenvalue weighted by Gasteiger charge is -2.24. The predicted octanol–water partition coefficient (Wildman–Crippen LogP) is 4.18. The normalized spacial score (nSPS) is 20.6. The topological polar surface area (TPSA) is 16.1 Å². The monoisotopic (exact) mass is 264 g/mol. The lowest BCUT2D eigenvalue weighted by molar-refractivity contribution is 0.285. The van der Waals surface area contributed by atoms with Gasteiger partial charge in [-0.15, -0.1) is 6.58 Å². The van der Waals surface area contributed by atoms with Gasteiger partial charge in [-0.25, -0.2) is 4.98 Å². The number of aromatic nitrogens is 1. The van der Waals surface area contributed by atoms with E-state index in [2.05, 4.69) is 36.4 Å². The maximum Gasteiger partial charge on any atom is 0.133 e. The molecule has 0 spiro atoms. The van der Waals surface area contributed by atoms with Crippen LogP contribution in [0, 0.1) is 0 Å². The van der Waals surface area contributed by atoms with Crippen molar-refractivity contribution < 1.29 is 0 Å². The smallest absolute Gasteiger partial charge is 0.133 e. The summed E-state index contributed by atoms with van der Waals surface area (Å²) in [4.78, 5) is 6.78. The standard InChI is InChI=1S/C15H21ClN2/c1-4-7-18-8-5-6-14(18)13-9-12(11(2)3)10-17-15(13)16/h4,9-11,14H,1,5-8H2,2-3H3/t14-/m0/s1. The van der Waals surface area contributed by atoms with Gasteiger partial charge in [0.2, 0.25) is 0 Å². The molecule has 0 saturated carbocycles. The van der Waals surface area contributed by atoms with E-state index in [0.717, 1.165) is 19.5 Å². The number of rotatable bonds is 4. The minimum absolute atomic E-state index is 0.404. The first-order valence-corrected chi connectivity index (χ1v) is 7.01. The molecule has 1 saturated heterocycles. The fourth-order valence-electron chi connectivity index (χ4n) is 2.59. The first-order chi connectivity index (χ1) is 8.63. The first-order valence-electron chi connectivity index (χ1n) is 6.63. The molecule has 3 heteroatoms. The molecule has 1 aromatic heterocycles. The average molecular weight is 265 g/mol. The maximum atomic E-state index is 6.28. The molecule has 2 heterocycles. The molecule has 1 aliphatic heterocycles. The zero-order valence-electron chi connectivity index (χ0n) is 11.2. The van der Waals surface area contributed by atoms with Crippen LogP contribution in [0.1, 0.15) is 49.8 Å². The minimum atomic E-state index is 0.404. The van der Waals surface area contributed by atoms with Crippen molar-refractivity contribution in [3.8, 4) is 0 Å². The molecule has 0 aliphatic carbocycles. The molecule has 0 unspecified atom stereocenters. The van der Waals surface area contributed by atoms with Crippen molar-refractivity contribution in [2.45, 2.75) is 38.6 Å². The van der Waals surface area contributed by atoms with Gasteiger partial charge in [0.05, 0.1) is 0 Å². The molecule has 1 atom stereocenters. The summed E-state index contributed by atoms with van der Waals surface area (Å²) in [5.41, 5.74) is 2.45. The molecule has 2 nitrogen and oxygen atoms in total. The second-order valence-electron chi connectivity index (χ2n) is 5.25. The van der Waals surface area contributed by atoms with Crippen LogP contribution in [0.15, 0.2) is 24.9 Å². The lowest BCUT2D eigenvalue weighted by Crippen LogP contribution is -2.23. The number of pyridine rings is 1. The van der Waals surface area contributed by atoms with Crippen LogP contribution in [0.2, 0.25) is 5.15 Å². The van der Waals surface area contributed by atoms with E-state index in [1.807, 2.05) is 12.3 Å². The van der Waals surface area contributed by atoms with Gasteiger partial charge in [0.15, 0.2) is 0 Å². The van der Waals surface area contributed by atoms with Gasteiger partial charge in [0.25, 0.3) is 0 Å². The summed E-state index contributed by atoms with van der Waals surface area (Å²) in [6, 6.07) is 2.63. The highest BCUT2D eigenvalue weighted by atomic mass is 35.5. The van der Waals surface area contributed by atoms with Crippen LogP contribution in [0.5, 0.6) is 0 Å². The predicted molar refractivity (Wildman–Crippen MR) is 77.1 cm³/mol. The van der Waals surface area contributed by atoms with Gasteiger partial charge in [-0.2, -0.15) is 0 Å². The number of hydrogen-bond acceptors (Lipinski definition) is 2. The second-order valence-corrected chi connectivity index (χ2v) is 5.60. The van der Waals surface area contributed by atoms with E-state index in [-0.39, 0.29) is 0 Å². The van der Waals surface area contributed by atoms with E-state index in [1.165, 1.54) is 17.5 Å². The number of nitrogens with zero attached hydrogens (tertiary/aromatic N) is 2. The summed E-state index contributed by atoms with van der Waals surface area (Å²) >= 11 is 6.28. The molecule has 0 N–H and O–H groups in total. The summed E-state index contributed by atoms with van der Waals surface area (Å²) in [5.74, 6) is 0.489. The van der Waals surface area contributed by atoms with Crippen LogP contribution in [-0.2, 0) is 0 Å². The van der Waals surface area contributed by atoms with Gasteiger partial charge in [-0.3, -0.25) is 4.90 Å². The van der Waals surface area contributed by atoms with Crippen LogP contribution in [0.4, 0.5) is 0 Å². The molecular weight excluding hydrogens is 244 g/mol. The Morgan fingerprint density at radius 3 is 3.06 bits per heavy atom. The zero-order chi connectivity index (χ0) is 13.1. The first kappa shape index (κ1) is 13.6. The van der Waals surface area contributed by atoms with Gasteiger partial charge in [0.1, 0.15) is 5.15 Å². The quantitative estimate of drug-likeness (QED) is 0.599. The van der Waals surface area contributed by atoms with Crippen molar-refractivity contribution in [3.63, 3.8) is 0 Å². The SMILES string of the molecule is C=CCN1CCC[C@H]1c1cc(C(C)C)cnc1Cl. The molecule has 1 aliphatic rings. The molecule has 0 amide bonds. The Bertz CT molecular complexity index is 429. The van der Waals surface area contributed by atoms with Gasteiger partial charge in [0, 0.05) is 24.3 Å². The summed E-state index contributed by atoms with van der Waals surface area (Å²) < 4.78 is 0. The van der Waals surface area contributed by atoms with E-state index in [9.17, 15) is 0 Å². The van der Waals surface area contributed by atoms with Crippen molar-refractivity contribution in [2.24, 2.45) is 0 Å². The Labute approximate surface area is 115 Å². The molecule has 18 heavy (non-hydrogen) atoms. The highest BCUT2D eigenvalue weighted by Crippen LogP contribution is 2.35. The largest absolute Gasteiger partial charge is 0.293 e. The second kappa shape index (κ2) is 5.85. The van der Waals surface area contributed by atoms with Crippen molar-refractivity contribution in [1.29, 1.82) is 0 Å². The van der Waals surface area contributed by atoms with Gasteiger partial charge in [-0.1, -0.05) is 31.5 Å². The third kappa shape index (κ3) is 2.76. The van der Waals surface area contributed by atoms with E-state index < -0.39 is 0 Å². The van der Waals surface area contributed by atoms with Crippen molar-refractivity contribution in [2.75, 3.05) is 13.1 Å². The van der Waals surface area contributed by atoms with Crippen molar-refractivity contribution in [3.05, 3.63) is 41.2 Å². The fraction of sp³-hybridized carbons (Fsp3) is 0.533. The van der Waals surface area contributed by atoms with Crippen LogP contribution in [-0.4, -0.2) is 23.0 Å². The summed E-state index contributed by atoms with van der Waals surface area (Å²) in [5, 5.41) is 0.653. The molecule has 1 fully saturated rings. The Balaban J connectivity index is 2.31.